The van der Waals surface area contributed by atoms with Crippen molar-refractivity contribution in [2.75, 3.05) is 5.33 Å². The summed E-state index contributed by atoms with van der Waals surface area (Å²) in [5.74, 6) is 5.21. The maximum atomic E-state index is 10.8. The first kappa shape index (κ1) is 10.7. The third kappa shape index (κ3) is 3.19. The highest BCUT2D eigenvalue weighted by molar-refractivity contribution is 9.09. The lowest BCUT2D eigenvalue weighted by atomic mass is 10.3. The van der Waals surface area contributed by atoms with Crippen LogP contribution in [0.5, 0.6) is 0 Å². The second kappa shape index (κ2) is 5.40. The minimum atomic E-state index is -0.533. The monoisotopic (exact) mass is 252 g/mol. The Bertz CT molecular complexity index is 393. The van der Waals surface area contributed by atoms with Gasteiger partial charge in [-0.15, -0.1) is 0 Å². The number of hydrogen-bond acceptors (Lipinski definition) is 2. The third-order valence-corrected chi connectivity index (χ3v) is 1.83. The lowest BCUT2D eigenvalue weighted by molar-refractivity contribution is 0.0995. The Hall–Kier alpha value is -1.34. The minimum absolute atomic E-state index is 0.246. The second-order valence-electron chi connectivity index (χ2n) is 2.51. The lowest BCUT2D eigenvalue weighted by Gasteiger charge is -1.94. The van der Waals surface area contributed by atoms with Crippen molar-refractivity contribution in [3.8, 4) is 11.8 Å². The van der Waals surface area contributed by atoms with Gasteiger partial charge >= 0.3 is 0 Å². The summed E-state index contributed by atoms with van der Waals surface area (Å²) in [6.45, 7) is 0. The van der Waals surface area contributed by atoms with Crippen LogP contribution in [0.4, 0.5) is 0 Å². The highest BCUT2D eigenvalue weighted by Gasteiger charge is 2.00. The zero-order valence-corrected chi connectivity index (χ0v) is 9.04. The van der Waals surface area contributed by atoms with Crippen molar-refractivity contribution in [2.45, 2.75) is 6.42 Å². The van der Waals surface area contributed by atoms with Crippen LogP contribution >= 0.6 is 15.9 Å². The SMILES string of the molecule is NC(=O)c1cccc(C#CCCBr)n1. The van der Waals surface area contributed by atoms with Crippen LogP contribution in [0.15, 0.2) is 18.2 Å². The molecule has 72 valence electrons. The van der Waals surface area contributed by atoms with Gasteiger partial charge in [0.05, 0.1) is 0 Å². The summed E-state index contributed by atoms with van der Waals surface area (Å²) in [6, 6.07) is 5.02. The van der Waals surface area contributed by atoms with Gasteiger partial charge < -0.3 is 5.73 Å². The van der Waals surface area contributed by atoms with Crippen molar-refractivity contribution < 1.29 is 4.79 Å². The van der Waals surface area contributed by atoms with Crippen LogP contribution in [-0.4, -0.2) is 16.2 Å². The molecule has 0 aliphatic heterocycles. The van der Waals surface area contributed by atoms with Crippen LogP contribution in [0.25, 0.3) is 0 Å². The molecule has 1 amide bonds. The van der Waals surface area contributed by atoms with E-state index in [-0.39, 0.29) is 5.69 Å². The topological polar surface area (TPSA) is 56.0 Å². The van der Waals surface area contributed by atoms with E-state index in [1.54, 1.807) is 18.2 Å². The van der Waals surface area contributed by atoms with Crippen LogP contribution in [0.3, 0.4) is 0 Å². The van der Waals surface area contributed by atoms with Crippen LogP contribution in [-0.2, 0) is 0 Å². The predicted molar refractivity (Wildman–Crippen MR) is 58.0 cm³/mol. The van der Waals surface area contributed by atoms with E-state index in [1.807, 2.05) is 0 Å². The smallest absolute Gasteiger partial charge is 0.267 e. The molecule has 0 aliphatic rings. The van der Waals surface area contributed by atoms with Crippen molar-refractivity contribution in [2.24, 2.45) is 5.73 Å². The Kier molecular flexibility index (Phi) is 4.14. The maximum absolute atomic E-state index is 10.8. The second-order valence-corrected chi connectivity index (χ2v) is 3.31. The number of pyridine rings is 1. The molecule has 0 radical (unpaired) electrons. The van der Waals surface area contributed by atoms with E-state index in [0.717, 1.165) is 11.8 Å². The first-order chi connectivity index (χ1) is 6.74. The van der Waals surface area contributed by atoms with Gasteiger partial charge in [0, 0.05) is 11.8 Å². The standard InChI is InChI=1S/C10H9BrN2O/c11-7-2-1-4-8-5-3-6-9(13-8)10(12)14/h3,5-6H,2,7H2,(H2,12,14). The summed E-state index contributed by atoms with van der Waals surface area (Å²) in [5.41, 5.74) is 5.90. The molecule has 0 atom stereocenters. The van der Waals surface area contributed by atoms with E-state index in [0.29, 0.717) is 5.69 Å². The van der Waals surface area contributed by atoms with Gasteiger partial charge in [-0.1, -0.05) is 27.9 Å². The van der Waals surface area contributed by atoms with Gasteiger partial charge in [0.15, 0.2) is 0 Å². The molecular formula is C10H9BrN2O. The highest BCUT2D eigenvalue weighted by atomic mass is 79.9. The quantitative estimate of drug-likeness (QED) is 0.638. The molecule has 0 spiro atoms. The van der Waals surface area contributed by atoms with Crippen LogP contribution in [0, 0.1) is 11.8 Å². The summed E-state index contributed by atoms with van der Waals surface area (Å²) in [4.78, 5) is 14.8. The molecule has 0 bridgehead atoms. The molecule has 0 aliphatic carbocycles. The Balaban J connectivity index is 2.85. The van der Waals surface area contributed by atoms with Gasteiger partial charge in [-0.25, -0.2) is 4.98 Å². The number of carbonyl (C=O) groups is 1. The van der Waals surface area contributed by atoms with Crippen LogP contribution in [0.2, 0.25) is 0 Å². The average Bonchev–Trinajstić information content (AvgIpc) is 2.19. The number of aromatic nitrogens is 1. The van der Waals surface area contributed by atoms with Crippen molar-refractivity contribution in [1.29, 1.82) is 0 Å². The number of amides is 1. The van der Waals surface area contributed by atoms with E-state index >= 15 is 0 Å². The molecule has 1 rings (SSSR count). The number of primary amides is 1. The zero-order chi connectivity index (χ0) is 10.4. The van der Waals surface area contributed by atoms with Gasteiger partial charge in [-0.2, -0.15) is 0 Å². The molecule has 0 saturated heterocycles. The summed E-state index contributed by atoms with van der Waals surface area (Å²) in [7, 11) is 0. The normalized spacial score (nSPS) is 8.93. The van der Waals surface area contributed by atoms with Crippen molar-refractivity contribution in [3.05, 3.63) is 29.6 Å². The number of nitrogens with zero attached hydrogens (tertiary/aromatic N) is 1. The van der Waals surface area contributed by atoms with Gasteiger partial charge in [-0.05, 0) is 18.1 Å². The molecule has 2 N–H and O–H groups in total. The molecule has 1 aromatic heterocycles. The summed E-state index contributed by atoms with van der Waals surface area (Å²) in [5, 5.41) is 0.829. The summed E-state index contributed by atoms with van der Waals surface area (Å²) >= 11 is 3.26. The predicted octanol–water partition coefficient (Wildman–Crippen LogP) is 1.32. The fraction of sp³-hybridized carbons (Fsp3) is 0.200. The highest BCUT2D eigenvalue weighted by Crippen LogP contribution is 1.97. The van der Waals surface area contributed by atoms with E-state index in [4.69, 9.17) is 5.73 Å². The molecule has 0 saturated carbocycles. The zero-order valence-electron chi connectivity index (χ0n) is 7.46. The Labute approximate surface area is 90.8 Å². The molecule has 1 aromatic rings. The molecular weight excluding hydrogens is 244 g/mol. The van der Waals surface area contributed by atoms with Gasteiger partial charge in [0.1, 0.15) is 11.4 Å². The molecule has 1 heterocycles. The lowest BCUT2D eigenvalue weighted by Crippen LogP contribution is -2.13. The fourth-order valence-electron chi connectivity index (χ4n) is 0.842. The van der Waals surface area contributed by atoms with E-state index in [2.05, 4.69) is 32.8 Å². The minimum Gasteiger partial charge on any atom is -0.364 e. The number of halogens is 1. The molecule has 0 fully saturated rings. The van der Waals surface area contributed by atoms with E-state index < -0.39 is 5.91 Å². The maximum Gasteiger partial charge on any atom is 0.267 e. The number of rotatable bonds is 2. The first-order valence-electron chi connectivity index (χ1n) is 4.05. The van der Waals surface area contributed by atoms with E-state index in [9.17, 15) is 4.79 Å². The van der Waals surface area contributed by atoms with Crippen LogP contribution in [0.1, 0.15) is 22.6 Å². The number of nitrogens with two attached hydrogens (primary N) is 1. The van der Waals surface area contributed by atoms with Gasteiger partial charge in [0.25, 0.3) is 5.91 Å². The largest absolute Gasteiger partial charge is 0.364 e. The first-order valence-corrected chi connectivity index (χ1v) is 5.18. The molecule has 3 nitrogen and oxygen atoms in total. The Morgan fingerprint density at radius 2 is 2.36 bits per heavy atom. The number of hydrogen-bond donors (Lipinski definition) is 1. The third-order valence-electron chi connectivity index (χ3n) is 1.44. The fourth-order valence-corrected chi connectivity index (χ4v) is 1.04. The molecule has 0 unspecified atom stereocenters. The number of carbonyl (C=O) groups excluding carboxylic acids is 1. The van der Waals surface area contributed by atoms with E-state index in [1.165, 1.54) is 0 Å². The molecule has 4 heteroatoms. The summed E-state index contributed by atoms with van der Waals surface area (Å²) < 4.78 is 0. The molecule has 0 aromatic carbocycles. The number of alkyl halides is 1. The Morgan fingerprint density at radius 3 is 3.00 bits per heavy atom. The Morgan fingerprint density at radius 1 is 1.57 bits per heavy atom. The van der Waals surface area contributed by atoms with Gasteiger partial charge in [0.2, 0.25) is 0 Å². The van der Waals surface area contributed by atoms with Crippen molar-refractivity contribution in [1.82, 2.24) is 4.98 Å². The van der Waals surface area contributed by atoms with Gasteiger partial charge in [-0.3, -0.25) is 4.79 Å². The van der Waals surface area contributed by atoms with Crippen molar-refractivity contribution in [3.63, 3.8) is 0 Å². The summed E-state index contributed by atoms with van der Waals surface area (Å²) in [6.07, 6.45) is 0.752. The average molecular weight is 253 g/mol. The molecule has 14 heavy (non-hydrogen) atoms. The van der Waals surface area contributed by atoms with Crippen LogP contribution < -0.4 is 5.73 Å². The van der Waals surface area contributed by atoms with Crippen molar-refractivity contribution >= 4 is 21.8 Å².